The fourth-order valence-electron chi connectivity index (χ4n) is 2.02. The Hall–Kier alpha value is -0.990. The predicted octanol–water partition coefficient (Wildman–Crippen LogP) is 3.54. The van der Waals surface area contributed by atoms with Crippen molar-refractivity contribution in [3.05, 3.63) is 35.0 Å². The topological polar surface area (TPSA) is 25.2 Å². The summed E-state index contributed by atoms with van der Waals surface area (Å²) in [5.74, 6) is 0. The molecule has 0 aliphatic heterocycles. The highest BCUT2D eigenvalue weighted by molar-refractivity contribution is 6.31. The van der Waals surface area contributed by atoms with Gasteiger partial charge in [-0.25, -0.2) is 0 Å². The van der Waals surface area contributed by atoms with Gasteiger partial charge in [-0.2, -0.15) is 0 Å². The van der Waals surface area contributed by atoms with E-state index in [1.807, 2.05) is 24.4 Å². The normalized spacial score (nSPS) is 12.3. The lowest BCUT2D eigenvalue weighted by atomic mass is 9.98. The van der Waals surface area contributed by atoms with E-state index in [1.54, 1.807) is 13.8 Å². The van der Waals surface area contributed by atoms with Crippen LogP contribution >= 0.6 is 11.6 Å². The van der Waals surface area contributed by atoms with Crippen molar-refractivity contribution in [3.63, 3.8) is 0 Å². The molecule has 0 bridgehead atoms. The van der Waals surface area contributed by atoms with Crippen LogP contribution in [-0.2, 0) is 12.1 Å². The van der Waals surface area contributed by atoms with E-state index in [0.29, 0.717) is 5.02 Å². The summed E-state index contributed by atoms with van der Waals surface area (Å²) in [5.41, 5.74) is 1.19. The molecule has 3 heteroatoms. The van der Waals surface area contributed by atoms with Gasteiger partial charge in [0.15, 0.2) is 0 Å². The second kappa shape index (κ2) is 3.79. The standard InChI is InChI=1S/C13H16ClNO/c1-4-15-8-11(13(2,3)16)10-7-9(14)5-6-12(10)15/h5-8,16H,4H2,1-3H3. The molecule has 0 radical (unpaired) electrons. The first-order valence-electron chi connectivity index (χ1n) is 5.44. The maximum absolute atomic E-state index is 10.1. The largest absolute Gasteiger partial charge is 0.386 e. The monoisotopic (exact) mass is 237 g/mol. The zero-order chi connectivity index (χ0) is 11.9. The predicted molar refractivity (Wildman–Crippen MR) is 67.9 cm³/mol. The van der Waals surface area contributed by atoms with Crippen LogP contribution in [0.2, 0.25) is 5.02 Å². The Bertz CT molecular complexity index is 522. The maximum Gasteiger partial charge on any atom is 0.0861 e. The molecular weight excluding hydrogens is 222 g/mol. The van der Waals surface area contributed by atoms with Crippen molar-refractivity contribution >= 4 is 22.5 Å². The summed E-state index contributed by atoms with van der Waals surface area (Å²) in [6.07, 6.45) is 2.00. The van der Waals surface area contributed by atoms with Gasteiger partial charge in [-0.15, -0.1) is 0 Å². The number of rotatable bonds is 2. The Balaban J connectivity index is 2.79. The van der Waals surface area contributed by atoms with Crippen LogP contribution in [-0.4, -0.2) is 9.67 Å². The van der Waals surface area contributed by atoms with E-state index in [1.165, 1.54) is 0 Å². The number of aryl methyl sites for hydroxylation is 1. The zero-order valence-electron chi connectivity index (χ0n) is 9.79. The molecule has 2 aromatic rings. The molecule has 1 aromatic carbocycles. The van der Waals surface area contributed by atoms with Crippen LogP contribution in [0.25, 0.3) is 10.9 Å². The number of aromatic nitrogens is 1. The van der Waals surface area contributed by atoms with Crippen molar-refractivity contribution in [2.75, 3.05) is 0 Å². The first-order valence-corrected chi connectivity index (χ1v) is 5.82. The Kier molecular flexibility index (Phi) is 2.72. The highest BCUT2D eigenvalue weighted by Gasteiger charge is 2.21. The van der Waals surface area contributed by atoms with Crippen molar-refractivity contribution in [1.29, 1.82) is 0 Å². The first kappa shape index (κ1) is 11.5. The number of aliphatic hydroxyl groups is 1. The maximum atomic E-state index is 10.1. The molecule has 0 atom stereocenters. The molecule has 0 fully saturated rings. The minimum atomic E-state index is -0.844. The fourth-order valence-corrected chi connectivity index (χ4v) is 2.19. The number of benzene rings is 1. The number of halogens is 1. The highest BCUT2D eigenvalue weighted by atomic mass is 35.5. The van der Waals surface area contributed by atoms with Gasteiger partial charge in [0.2, 0.25) is 0 Å². The van der Waals surface area contributed by atoms with E-state index in [2.05, 4.69) is 11.5 Å². The lowest BCUT2D eigenvalue weighted by molar-refractivity contribution is 0.0800. The molecule has 2 nitrogen and oxygen atoms in total. The average Bonchev–Trinajstić information content (AvgIpc) is 2.54. The van der Waals surface area contributed by atoms with E-state index < -0.39 is 5.60 Å². The van der Waals surface area contributed by atoms with E-state index in [0.717, 1.165) is 23.0 Å². The molecule has 0 aliphatic rings. The molecule has 0 spiro atoms. The molecule has 0 amide bonds. The van der Waals surface area contributed by atoms with Gasteiger partial charge in [-0.3, -0.25) is 0 Å². The summed E-state index contributed by atoms with van der Waals surface area (Å²) in [5, 5.41) is 11.9. The zero-order valence-corrected chi connectivity index (χ0v) is 10.5. The van der Waals surface area contributed by atoms with Gasteiger partial charge in [-0.1, -0.05) is 11.6 Å². The number of hydrogen-bond acceptors (Lipinski definition) is 1. The van der Waals surface area contributed by atoms with Gasteiger partial charge in [0.1, 0.15) is 0 Å². The minimum absolute atomic E-state index is 0.701. The van der Waals surface area contributed by atoms with E-state index in [4.69, 9.17) is 11.6 Å². The summed E-state index contributed by atoms with van der Waals surface area (Å²) in [6.45, 7) is 6.56. The van der Waals surface area contributed by atoms with Crippen LogP contribution in [0.1, 0.15) is 26.3 Å². The van der Waals surface area contributed by atoms with Crippen molar-refractivity contribution in [2.24, 2.45) is 0 Å². The third-order valence-corrected chi connectivity index (χ3v) is 3.08. The molecule has 1 aromatic heterocycles. The van der Waals surface area contributed by atoms with Crippen molar-refractivity contribution in [3.8, 4) is 0 Å². The highest BCUT2D eigenvalue weighted by Crippen LogP contribution is 2.31. The van der Waals surface area contributed by atoms with Gasteiger partial charge in [0.25, 0.3) is 0 Å². The third-order valence-electron chi connectivity index (χ3n) is 2.84. The molecule has 1 heterocycles. The van der Waals surface area contributed by atoms with Crippen LogP contribution in [0.5, 0.6) is 0 Å². The number of fused-ring (bicyclic) bond motifs is 1. The fraction of sp³-hybridized carbons (Fsp3) is 0.385. The minimum Gasteiger partial charge on any atom is -0.386 e. The molecule has 0 saturated carbocycles. The van der Waals surface area contributed by atoms with E-state index in [-0.39, 0.29) is 0 Å². The summed E-state index contributed by atoms with van der Waals surface area (Å²) in [7, 11) is 0. The van der Waals surface area contributed by atoms with Gasteiger partial charge < -0.3 is 9.67 Å². The second-order valence-corrected chi connectivity index (χ2v) is 4.99. The smallest absolute Gasteiger partial charge is 0.0861 e. The molecular formula is C13H16ClNO. The molecule has 0 unspecified atom stereocenters. The third kappa shape index (κ3) is 1.83. The molecule has 0 saturated heterocycles. The van der Waals surface area contributed by atoms with Crippen LogP contribution in [0.4, 0.5) is 0 Å². The first-order chi connectivity index (χ1) is 7.43. The Labute approximate surface area is 100 Å². The van der Waals surface area contributed by atoms with Crippen molar-refractivity contribution in [1.82, 2.24) is 4.57 Å². The van der Waals surface area contributed by atoms with Crippen LogP contribution in [0.15, 0.2) is 24.4 Å². The van der Waals surface area contributed by atoms with E-state index in [9.17, 15) is 5.11 Å². The van der Waals surface area contributed by atoms with Gasteiger partial charge in [0, 0.05) is 34.2 Å². The summed E-state index contributed by atoms with van der Waals surface area (Å²) >= 11 is 6.00. The van der Waals surface area contributed by atoms with Crippen molar-refractivity contribution in [2.45, 2.75) is 32.9 Å². The lowest BCUT2D eigenvalue weighted by Crippen LogP contribution is -2.14. The Morgan fingerprint density at radius 3 is 2.62 bits per heavy atom. The number of nitrogens with zero attached hydrogens (tertiary/aromatic N) is 1. The quantitative estimate of drug-likeness (QED) is 0.849. The second-order valence-electron chi connectivity index (χ2n) is 4.55. The van der Waals surface area contributed by atoms with Gasteiger partial charge in [-0.05, 0) is 39.0 Å². The SMILES string of the molecule is CCn1cc(C(C)(C)O)c2cc(Cl)ccc21. The molecule has 0 aliphatic carbocycles. The lowest BCUT2D eigenvalue weighted by Gasteiger charge is -2.16. The summed E-state index contributed by atoms with van der Waals surface area (Å²) in [4.78, 5) is 0. The molecule has 1 N–H and O–H groups in total. The van der Waals surface area contributed by atoms with Gasteiger partial charge in [0.05, 0.1) is 5.60 Å². The Morgan fingerprint density at radius 2 is 2.06 bits per heavy atom. The van der Waals surface area contributed by atoms with Crippen LogP contribution in [0.3, 0.4) is 0 Å². The molecule has 2 rings (SSSR count). The summed E-state index contributed by atoms with van der Waals surface area (Å²) < 4.78 is 2.12. The molecule has 16 heavy (non-hydrogen) atoms. The summed E-state index contributed by atoms with van der Waals surface area (Å²) in [6, 6.07) is 5.79. The average molecular weight is 238 g/mol. The van der Waals surface area contributed by atoms with E-state index >= 15 is 0 Å². The van der Waals surface area contributed by atoms with Crippen LogP contribution in [0, 0.1) is 0 Å². The Morgan fingerprint density at radius 1 is 1.38 bits per heavy atom. The van der Waals surface area contributed by atoms with Crippen LogP contribution < -0.4 is 0 Å². The van der Waals surface area contributed by atoms with Crippen molar-refractivity contribution < 1.29 is 5.11 Å². The van der Waals surface area contributed by atoms with Gasteiger partial charge >= 0.3 is 0 Å². The number of hydrogen-bond donors (Lipinski definition) is 1. The molecule has 86 valence electrons.